The van der Waals surface area contributed by atoms with Crippen molar-refractivity contribution in [1.82, 2.24) is 20.2 Å². The van der Waals surface area contributed by atoms with Crippen LogP contribution in [0.5, 0.6) is 0 Å². The molecule has 0 unspecified atom stereocenters. The van der Waals surface area contributed by atoms with Gasteiger partial charge in [-0.05, 0) is 47.6 Å². The van der Waals surface area contributed by atoms with Gasteiger partial charge < -0.3 is 10.1 Å². The molecule has 0 atom stereocenters. The highest BCUT2D eigenvalue weighted by Crippen LogP contribution is 2.43. The molecule has 0 saturated carbocycles. The lowest BCUT2D eigenvalue weighted by molar-refractivity contribution is 0.0285. The van der Waals surface area contributed by atoms with Crippen LogP contribution in [0.2, 0.25) is 0 Å². The van der Waals surface area contributed by atoms with E-state index in [-0.39, 0.29) is 0 Å². The molecule has 0 aliphatic carbocycles. The van der Waals surface area contributed by atoms with Crippen LogP contribution < -0.4 is 0 Å². The molecule has 6 heteroatoms. The number of aromatic amines is 2. The lowest BCUT2D eigenvalue weighted by Gasteiger charge is -2.25. The SMILES string of the molecule is CCC(O)(CC)c1ccc2c(-c3ccncc3)c(-c3n[nH]c4c3SC=CC4)[nH]c2c1. The van der Waals surface area contributed by atoms with Crippen LogP contribution in [-0.2, 0) is 12.0 Å². The number of H-pyrrole nitrogens is 2. The summed E-state index contributed by atoms with van der Waals surface area (Å²) in [5, 5.41) is 22.2. The summed E-state index contributed by atoms with van der Waals surface area (Å²) >= 11 is 1.70. The summed E-state index contributed by atoms with van der Waals surface area (Å²) in [6.45, 7) is 4.05. The van der Waals surface area contributed by atoms with Crippen LogP contribution in [0.4, 0.5) is 0 Å². The molecule has 4 aromatic rings. The van der Waals surface area contributed by atoms with Crippen LogP contribution in [0.25, 0.3) is 33.4 Å². The van der Waals surface area contributed by atoms with Gasteiger partial charge >= 0.3 is 0 Å². The fourth-order valence-corrected chi connectivity index (χ4v) is 5.09. The lowest BCUT2D eigenvalue weighted by atomic mass is 9.88. The first-order chi connectivity index (χ1) is 14.6. The van der Waals surface area contributed by atoms with Gasteiger partial charge in [0.2, 0.25) is 0 Å². The maximum Gasteiger partial charge on any atom is 0.123 e. The van der Waals surface area contributed by atoms with E-state index in [0.29, 0.717) is 12.8 Å². The van der Waals surface area contributed by atoms with E-state index in [4.69, 9.17) is 0 Å². The first-order valence-electron chi connectivity index (χ1n) is 10.3. The summed E-state index contributed by atoms with van der Waals surface area (Å²) in [7, 11) is 0. The lowest BCUT2D eigenvalue weighted by Crippen LogP contribution is -2.23. The van der Waals surface area contributed by atoms with Crippen molar-refractivity contribution in [2.75, 3.05) is 0 Å². The van der Waals surface area contributed by atoms with Crippen LogP contribution in [0, 0.1) is 0 Å². The summed E-state index contributed by atoms with van der Waals surface area (Å²) in [6.07, 6.45) is 8.00. The molecular formula is C24H24N4OS. The van der Waals surface area contributed by atoms with E-state index in [9.17, 15) is 5.11 Å². The van der Waals surface area contributed by atoms with Crippen molar-refractivity contribution >= 4 is 22.7 Å². The third kappa shape index (κ3) is 2.99. The molecule has 4 heterocycles. The van der Waals surface area contributed by atoms with E-state index in [1.807, 2.05) is 38.4 Å². The Balaban J connectivity index is 1.76. The fraction of sp³-hybridized carbons (Fsp3) is 0.250. The third-order valence-electron chi connectivity index (χ3n) is 6.11. The number of rotatable bonds is 5. The number of fused-ring (bicyclic) bond motifs is 2. The normalized spacial score (nSPS) is 13.7. The summed E-state index contributed by atoms with van der Waals surface area (Å²) in [6, 6.07) is 10.3. The molecule has 3 N–H and O–H groups in total. The van der Waals surface area contributed by atoms with Crippen molar-refractivity contribution in [3.05, 3.63) is 65.5 Å². The highest BCUT2D eigenvalue weighted by atomic mass is 32.2. The van der Waals surface area contributed by atoms with Gasteiger partial charge in [-0.1, -0.05) is 43.8 Å². The van der Waals surface area contributed by atoms with Crippen molar-refractivity contribution in [3.8, 4) is 22.5 Å². The monoisotopic (exact) mass is 416 g/mol. The summed E-state index contributed by atoms with van der Waals surface area (Å²) in [5.74, 6) is 0. The minimum Gasteiger partial charge on any atom is -0.385 e. The van der Waals surface area contributed by atoms with Crippen LogP contribution in [-0.4, -0.2) is 25.3 Å². The zero-order valence-electron chi connectivity index (χ0n) is 17.1. The van der Waals surface area contributed by atoms with E-state index in [1.54, 1.807) is 11.8 Å². The molecule has 1 aliphatic heterocycles. The third-order valence-corrected chi connectivity index (χ3v) is 7.11. The Bertz CT molecular complexity index is 1240. The predicted octanol–water partition coefficient (Wildman–Crippen LogP) is 5.79. The van der Waals surface area contributed by atoms with Gasteiger partial charge in [0, 0.05) is 35.3 Å². The van der Waals surface area contributed by atoms with Gasteiger partial charge in [0.05, 0.1) is 21.9 Å². The predicted molar refractivity (Wildman–Crippen MR) is 122 cm³/mol. The summed E-state index contributed by atoms with van der Waals surface area (Å²) < 4.78 is 0. The van der Waals surface area contributed by atoms with Gasteiger partial charge in [0.25, 0.3) is 0 Å². The van der Waals surface area contributed by atoms with E-state index < -0.39 is 5.60 Å². The number of pyridine rings is 1. The highest BCUT2D eigenvalue weighted by molar-refractivity contribution is 8.02. The number of hydrogen-bond donors (Lipinski definition) is 3. The molecule has 0 saturated heterocycles. The van der Waals surface area contributed by atoms with Gasteiger partial charge in [0.15, 0.2) is 0 Å². The molecular weight excluding hydrogens is 392 g/mol. The van der Waals surface area contributed by atoms with Crippen LogP contribution in [0.1, 0.15) is 37.9 Å². The summed E-state index contributed by atoms with van der Waals surface area (Å²) in [5.41, 5.74) is 6.40. The number of thioether (sulfide) groups is 1. The second-order valence-corrected chi connectivity index (χ2v) is 8.60. The van der Waals surface area contributed by atoms with Crippen LogP contribution in [0.3, 0.4) is 0 Å². The second kappa shape index (κ2) is 7.45. The number of nitrogens with zero attached hydrogens (tertiary/aromatic N) is 2. The van der Waals surface area contributed by atoms with Crippen molar-refractivity contribution in [3.63, 3.8) is 0 Å². The zero-order chi connectivity index (χ0) is 20.7. The maximum atomic E-state index is 11.0. The minimum atomic E-state index is -0.817. The van der Waals surface area contributed by atoms with E-state index in [2.05, 4.69) is 49.8 Å². The average Bonchev–Trinajstić information content (AvgIpc) is 3.39. The maximum absolute atomic E-state index is 11.0. The molecule has 0 radical (unpaired) electrons. The number of nitrogens with one attached hydrogen (secondary N) is 2. The quantitative estimate of drug-likeness (QED) is 0.385. The Morgan fingerprint density at radius 3 is 2.70 bits per heavy atom. The topological polar surface area (TPSA) is 77.6 Å². The minimum absolute atomic E-state index is 0.676. The molecule has 0 bridgehead atoms. The Morgan fingerprint density at radius 1 is 1.13 bits per heavy atom. The number of aromatic nitrogens is 4. The first kappa shape index (κ1) is 19.2. The highest BCUT2D eigenvalue weighted by Gasteiger charge is 2.27. The Hall–Kier alpha value is -2.83. The van der Waals surface area contributed by atoms with Crippen molar-refractivity contribution in [2.24, 2.45) is 0 Å². The van der Waals surface area contributed by atoms with Gasteiger partial charge in [0.1, 0.15) is 5.69 Å². The number of hydrogen-bond acceptors (Lipinski definition) is 4. The van der Waals surface area contributed by atoms with Crippen molar-refractivity contribution in [1.29, 1.82) is 0 Å². The molecule has 3 aromatic heterocycles. The molecule has 152 valence electrons. The molecule has 0 fully saturated rings. The Morgan fingerprint density at radius 2 is 1.93 bits per heavy atom. The van der Waals surface area contributed by atoms with Crippen LogP contribution in [0.15, 0.2) is 59.1 Å². The Kier molecular flexibility index (Phi) is 4.76. The van der Waals surface area contributed by atoms with Gasteiger partial charge in [-0.3, -0.25) is 10.1 Å². The van der Waals surface area contributed by atoms with Crippen molar-refractivity contribution in [2.45, 2.75) is 43.6 Å². The van der Waals surface area contributed by atoms with E-state index in [1.165, 1.54) is 4.90 Å². The standard InChI is InChI=1S/C24H24N4OS/c1-3-24(29,4-2)16-7-8-17-19(14-16)26-21(20(17)15-9-11-25-12-10-15)22-23-18(27-28-22)6-5-13-30-23/h5,7-14,26,29H,3-4,6H2,1-2H3,(H,27,28). The zero-order valence-corrected chi connectivity index (χ0v) is 17.9. The molecule has 1 aliphatic rings. The average molecular weight is 417 g/mol. The molecule has 1 aromatic carbocycles. The Labute approximate surface area is 179 Å². The molecule has 5 rings (SSSR count). The first-order valence-corrected chi connectivity index (χ1v) is 11.2. The molecule has 0 amide bonds. The second-order valence-electron chi connectivity index (χ2n) is 7.68. The van der Waals surface area contributed by atoms with Gasteiger partial charge in [-0.15, -0.1) is 0 Å². The fourth-order valence-electron chi connectivity index (χ4n) is 4.23. The molecule has 0 spiro atoms. The summed E-state index contributed by atoms with van der Waals surface area (Å²) in [4.78, 5) is 8.98. The number of benzene rings is 1. The van der Waals surface area contributed by atoms with E-state index >= 15 is 0 Å². The molecule has 5 nitrogen and oxygen atoms in total. The largest absolute Gasteiger partial charge is 0.385 e. The molecule has 30 heavy (non-hydrogen) atoms. The van der Waals surface area contributed by atoms with Gasteiger partial charge in [-0.2, -0.15) is 5.10 Å². The van der Waals surface area contributed by atoms with E-state index in [0.717, 1.165) is 51.1 Å². The smallest absolute Gasteiger partial charge is 0.123 e. The number of aliphatic hydroxyl groups is 1. The number of allylic oxidation sites excluding steroid dienone is 1. The van der Waals surface area contributed by atoms with Crippen molar-refractivity contribution < 1.29 is 5.11 Å². The van der Waals surface area contributed by atoms with Crippen LogP contribution >= 0.6 is 11.8 Å². The van der Waals surface area contributed by atoms with Gasteiger partial charge in [-0.25, -0.2) is 0 Å².